The summed E-state index contributed by atoms with van der Waals surface area (Å²) in [4.78, 5) is 23.2. The molecule has 0 N–H and O–H groups in total. The average molecular weight is 381 g/mol. The van der Waals surface area contributed by atoms with Gasteiger partial charge >= 0.3 is 5.97 Å². The second-order valence-corrected chi connectivity index (χ2v) is 7.53. The average Bonchev–Trinajstić information content (AvgIpc) is 2.63. The summed E-state index contributed by atoms with van der Waals surface area (Å²) in [5.41, 5.74) is 1.25. The van der Waals surface area contributed by atoms with E-state index in [1.807, 2.05) is 0 Å². The van der Waals surface area contributed by atoms with Gasteiger partial charge in [-0.1, -0.05) is 12.1 Å². The molecule has 0 spiro atoms. The summed E-state index contributed by atoms with van der Waals surface area (Å²) in [5.74, 6) is 0.267. The topological polar surface area (TPSA) is 61.8 Å². The predicted octanol–water partition coefficient (Wildman–Crippen LogP) is 3.78. The van der Waals surface area contributed by atoms with Gasteiger partial charge in [-0.05, 0) is 56.7 Å². The van der Waals surface area contributed by atoms with E-state index in [0.29, 0.717) is 13.2 Å². The zero-order valence-corrected chi connectivity index (χ0v) is 16.2. The first kappa shape index (κ1) is 20.9. The normalized spacial score (nSPS) is 17.0. The summed E-state index contributed by atoms with van der Waals surface area (Å²) in [6.07, 6.45) is 4.82. The minimum atomic E-state index is -0.437. The Labute approximate surface area is 159 Å². The van der Waals surface area contributed by atoms with E-state index in [2.05, 4.69) is 24.3 Å². The lowest BCUT2D eigenvalue weighted by Crippen LogP contribution is -2.23. The standard InChI is InChI=1S/C20H28O5S/c1-16(21)15-19(22)23-12-4-14-26-18-8-6-17(7-9-18)10-13-25-20-5-2-3-11-24-20/h6-9,20H,2-5,10-15H2,1H3. The number of esters is 1. The Balaban J connectivity index is 1.55. The van der Waals surface area contributed by atoms with Gasteiger partial charge in [0, 0.05) is 17.3 Å². The predicted molar refractivity (Wildman–Crippen MR) is 101 cm³/mol. The molecule has 1 saturated heterocycles. The third kappa shape index (κ3) is 8.83. The largest absolute Gasteiger partial charge is 0.465 e. The highest BCUT2D eigenvalue weighted by atomic mass is 32.2. The maximum Gasteiger partial charge on any atom is 0.313 e. The Morgan fingerprint density at radius 1 is 1.19 bits per heavy atom. The number of rotatable bonds is 11. The molecule has 144 valence electrons. The number of hydrogen-bond acceptors (Lipinski definition) is 6. The first-order chi connectivity index (χ1) is 12.6. The third-order valence-electron chi connectivity index (χ3n) is 3.97. The first-order valence-electron chi connectivity index (χ1n) is 9.23. The smallest absolute Gasteiger partial charge is 0.313 e. The Hall–Kier alpha value is -1.37. The molecule has 0 saturated carbocycles. The van der Waals surface area contributed by atoms with Crippen LogP contribution in [0.25, 0.3) is 0 Å². The molecule has 1 aromatic rings. The van der Waals surface area contributed by atoms with Crippen molar-refractivity contribution in [2.45, 2.75) is 56.6 Å². The monoisotopic (exact) mass is 380 g/mol. The minimum absolute atomic E-state index is 0.0249. The zero-order valence-electron chi connectivity index (χ0n) is 15.4. The van der Waals surface area contributed by atoms with Crippen molar-refractivity contribution < 1.29 is 23.8 Å². The summed E-state index contributed by atoms with van der Waals surface area (Å²) >= 11 is 1.73. The van der Waals surface area contributed by atoms with Crippen LogP contribution in [-0.4, -0.2) is 43.6 Å². The Morgan fingerprint density at radius 3 is 2.69 bits per heavy atom. The molecule has 6 heteroatoms. The number of ether oxygens (including phenoxy) is 3. The SMILES string of the molecule is CC(=O)CC(=O)OCCCSc1ccc(CCOC2CCCCO2)cc1. The molecule has 0 aromatic heterocycles. The molecule has 1 atom stereocenters. The molecule has 1 aliphatic rings. The molecule has 1 heterocycles. The first-order valence-corrected chi connectivity index (χ1v) is 10.2. The van der Waals surface area contributed by atoms with Crippen LogP contribution in [0.5, 0.6) is 0 Å². The summed E-state index contributed by atoms with van der Waals surface area (Å²) in [6, 6.07) is 8.47. The fourth-order valence-corrected chi connectivity index (χ4v) is 3.42. The van der Waals surface area contributed by atoms with Crippen molar-refractivity contribution in [3.63, 3.8) is 0 Å². The number of carbonyl (C=O) groups is 2. The zero-order chi connectivity index (χ0) is 18.6. The summed E-state index contributed by atoms with van der Waals surface area (Å²) in [5, 5.41) is 0. The summed E-state index contributed by atoms with van der Waals surface area (Å²) in [7, 11) is 0. The van der Waals surface area contributed by atoms with Gasteiger partial charge in [0.25, 0.3) is 0 Å². The van der Waals surface area contributed by atoms with Crippen molar-refractivity contribution in [2.24, 2.45) is 0 Å². The molecular weight excluding hydrogens is 352 g/mol. The van der Waals surface area contributed by atoms with Crippen LogP contribution < -0.4 is 0 Å². The van der Waals surface area contributed by atoms with E-state index < -0.39 is 5.97 Å². The number of ketones is 1. The Morgan fingerprint density at radius 2 is 2.00 bits per heavy atom. The van der Waals surface area contributed by atoms with Crippen LogP contribution in [0, 0.1) is 0 Å². The van der Waals surface area contributed by atoms with Gasteiger partial charge in [-0.3, -0.25) is 9.59 Å². The van der Waals surface area contributed by atoms with Gasteiger partial charge < -0.3 is 14.2 Å². The van der Waals surface area contributed by atoms with Crippen molar-refractivity contribution in [1.29, 1.82) is 0 Å². The molecule has 26 heavy (non-hydrogen) atoms. The van der Waals surface area contributed by atoms with Gasteiger partial charge in [-0.15, -0.1) is 11.8 Å². The number of carbonyl (C=O) groups excluding carboxylic acids is 2. The molecule has 0 radical (unpaired) electrons. The third-order valence-corrected chi connectivity index (χ3v) is 5.07. The van der Waals surface area contributed by atoms with Crippen LogP contribution in [0.4, 0.5) is 0 Å². The number of hydrogen-bond donors (Lipinski definition) is 0. The molecule has 0 amide bonds. The van der Waals surface area contributed by atoms with Gasteiger partial charge in [-0.2, -0.15) is 0 Å². The van der Waals surface area contributed by atoms with Gasteiger partial charge in [0.15, 0.2) is 6.29 Å². The summed E-state index contributed by atoms with van der Waals surface area (Å²) in [6.45, 7) is 3.24. The Kier molecular flexibility index (Phi) is 9.74. The van der Waals surface area contributed by atoms with E-state index in [4.69, 9.17) is 14.2 Å². The van der Waals surface area contributed by atoms with Crippen molar-refractivity contribution in [3.05, 3.63) is 29.8 Å². The lowest BCUT2D eigenvalue weighted by molar-refractivity contribution is -0.161. The molecule has 1 unspecified atom stereocenters. The van der Waals surface area contributed by atoms with E-state index >= 15 is 0 Å². The van der Waals surface area contributed by atoms with Crippen LogP contribution in [0.15, 0.2) is 29.2 Å². The fraction of sp³-hybridized carbons (Fsp3) is 0.600. The van der Waals surface area contributed by atoms with Gasteiger partial charge in [-0.25, -0.2) is 0 Å². The molecule has 1 fully saturated rings. The van der Waals surface area contributed by atoms with Crippen molar-refractivity contribution >= 4 is 23.5 Å². The van der Waals surface area contributed by atoms with Gasteiger partial charge in [0.2, 0.25) is 0 Å². The van der Waals surface area contributed by atoms with Crippen LogP contribution in [0.3, 0.4) is 0 Å². The molecule has 0 bridgehead atoms. The van der Waals surface area contributed by atoms with Crippen LogP contribution in [0.1, 0.15) is 44.6 Å². The van der Waals surface area contributed by atoms with E-state index in [1.165, 1.54) is 23.8 Å². The molecular formula is C20H28O5S. The Bertz CT molecular complexity index is 552. The summed E-state index contributed by atoms with van der Waals surface area (Å²) < 4.78 is 16.3. The van der Waals surface area contributed by atoms with E-state index in [1.54, 1.807) is 11.8 Å². The quantitative estimate of drug-likeness (QED) is 0.252. The maximum atomic E-state index is 11.2. The van der Waals surface area contributed by atoms with Crippen LogP contribution in [0.2, 0.25) is 0 Å². The van der Waals surface area contributed by atoms with Crippen LogP contribution >= 0.6 is 11.8 Å². The van der Waals surface area contributed by atoms with E-state index in [9.17, 15) is 9.59 Å². The van der Waals surface area contributed by atoms with Gasteiger partial charge in [0.05, 0.1) is 13.2 Å². The molecule has 1 aromatic carbocycles. The molecule has 1 aliphatic heterocycles. The van der Waals surface area contributed by atoms with Crippen LogP contribution in [-0.2, 0) is 30.2 Å². The van der Waals surface area contributed by atoms with Crippen molar-refractivity contribution in [1.82, 2.24) is 0 Å². The van der Waals surface area contributed by atoms with Gasteiger partial charge in [0.1, 0.15) is 12.2 Å². The highest BCUT2D eigenvalue weighted by molar-refractivity contribution is 7.99. The lowest BCUT2D eigenvalue weighted by atomic mass is 10.1. The van der Waals surface area contributed by atoms with E-state index in [0.717, 1.165) is 38.0 Å². The fourth-order valence-electron chi connectivity index (χ4n) is 2.59. The minimum Gasteiger partial charge on any atom is -0.465 e. The second-order valence-electron chi connectivity index (χ2n) is 6.36. The second kappa shape index (κ2) is 12.1. The maximum absolute atomic E-state index is 11.2. The number of Topliss-reactive ketones (excluding diaryl/α,β-unsaturated/α-hetero) is 1. The van der Waals surface area contributed by atoms with Crippen molar-refractivity contribution in [3.8, 4) is 0 Å². The highest BCUT2D eigenvalue weighted by Gasteiger charge is 2.13. The number of benzene rings is 1. The molecule has 5 nitrogen and oxygen atoms in total. The highest BCUT2D eigenvalue weighted by Crippen LogP contribution is 2.20. The lowest BCUT2D eigenvalue weighted by Gasteiger charge is -2.22. The molecule has 2 rings (SSSR count). The number of thioether (sulfide) groups is 1. The molecule has 0 aliphatic carbocycles. The van der Waals surface area contributed by atoms with E-state index in [-0.39, 0.29) is 18.5 Å². The van der Waals surface area contributed by atoms with Crippen molar-refractivity contribution in [2.75, 3.05) is 25.6 Å².